The molecule has 0 saturated carbocycles. The first-order valence-electron chi connectivity index (χ1n) is 9.57. The summed E-state index contributed by atoms with van der Waals surface area (Å²) < 4.78 is 84.7. The van der Waals surface area contributed by atoms with Crippen LogP contribution in [0.1, 0.15) is 47.8 Å². The van der Waals surface area contributed by atoms with Crippen LogP contribution in [0.25, 0.3) is 0 Å². The van der Waals surface area contributed by atoms with Crippen LogP contribution in [0.15, 0.2) is 48.5 Å². The molecule has 0 fully saturated rings. The van der Waals surface area contributed by atoms with Crippen molar-refractivity contribution in [3.63, 3.8) is 0 Å². The van der Waals surface area contributed by atoms with Gasteiger partial charge in [-0.05, 0) is 44.5 Å². The largest absolute Gasteiger partial charge is 0.456 e. The molecular formula is C22H19F6NO3S2. The zero-order valence-electron chi connectivity index (χ0n) is 18.1. The molecule has 0 aliphatic carbocycles. The van der Waals surface area contributed by atoms with Gasteiger partial charge in [-0.15, -0.1) is 0 Å². The van der Waals surface area contributed by atoms with E-state index in [1.165, 1.54) is 20.8 Å². The Morgan fingerprint density at radius 1 is 0.912 bits per heavy atom. The molecular weight excluding hydrogens is 504 g/mol. The summed E-state index contributed by atoms with van der Waals surface area (Å²) >= 11 is 5.41. The molecule has 0 aliphatic rings. The highest BCUT2D eigenvalue weighted by Gasteiger charge is 2.39. The fourth-order valence-corrected chi connectivity index (χ4v) is 3.62. The molecule has 0 aromatic heterocycles. The van der Waals surface area contributed by atoms with Crippen LogP contribution < -0.4 is 0 Å². The van der Waals surface area contributed by atoms with Crippen molar-refractivity contribution in [3.05, 3.63) is 70.8 Å². The van der Waals surface area contributed by atoms with Crippen LogP contribution in [0.4, 0.5) is 26.3 Å². The lowest BCUT2D eigenvalue weighted by Crippen LogP contribution is -2.42. The van der Waals surface area contributed by atoms with E-state index in [1.807, 2.05) is 0 Å². The van der Waals surface area contributed by atoms with Gasteiger partial charge in [-0.2, -0.15) is 26.3 Å². The summed E-state index contributed by atoms with van der Waals surface area (Å²) in [6.07, 6.45) is -10.2. The van der Waals surface area contributed by atoms with Gasteiger partial charge in [-0.3, -0.25) is 9.10 Å². The van der Waals surface area contributed by atoms with Crippen molar-refractivity contribution < 1.29 is 40.7 Å². The minimum absolute atomic E-state index is 0.0725. The molecule has 0 unspecified atom stereocenters. The lowest BCUT2D eigenvalue weighted by Gasteiger charge is -2.34. The van der Waals surface area contributed by atoms with E-state index in [4.69, 9.17) is 17.0 Å². The van der Waals surface area contributed by atoms with Gasteiger partial charge in [0.25, 0.3) is 5.91 Å². The Labute approximate surface area is 201 Å². The molecule has 0 N–H and O–H groups in total. The number of halogens is 6. The standard InChI is InChI=1S/C22H19F6NO3S2/c1-20(2,3)29(34-19(33)18(31)32-12-13-7-5-4-6-8-13)17(30)14-9-15(21(23,24)25)11-16(10-14)22(26,27)28/h4-11H,12H2,1-3H3. The average molecular weight is 524 g/mol. The number of carbonyl (C=O) groups is 2. The zero-order valence-corrected chi connectivity index (χ0v) is 19.7. The minimum Gasteiger partial charge on any atom is -0.456 e. The number of esters is 1. The van der Waals surface area contributed by atoms with E-state index in [1.54, 1.807) is 30.3 Å². The Hall–Kier alpha value is -2.60. The van der Waals surface area contributed by atoms with Gasteiger partial charge < -0.3 is 4.74 Å². The van der Waals surface area contributed by atoms with E-state index in [0.717, 1.165) is 4.31 Å². The summed E-state index contributed by atoms with van der Waals surface area (Å²) in [4.78, 5) is 25.3. The van der Waals surface area contributed by atoms with Gasteiger partial charge in [0.15, 0.2) is 4.20 Å². The Bertz CT molecular complexity index is 1030. The van der Waals surface area contributed by atoms with Crippen LogP contribution in [0.5, 0.6) is 0 Å². The van der Waals surface area contributed by atoms with E-state index in [-0.39, 0.29) is 12.7 Å². The van der Waals surface area contributed by atoms with E-state index in [2.05, 4.69) is 0 Å². The first-order chi connectivity index (χ1) is 15.5. The van der Waals surface area contributed by atoms with Crippen LogP contribution in [0.2, 0.25) is 0 Å². The van der Waals surface area contributed by atoms with Crippen LogP contribution in [0.3, 0.4) is 0 Å². The van der Waals surface area contributed by atoms with Crippen molar-refractivity contribution in [3.8, 4) is 0 Å². The number of thiocarbonyl (C=S) groups is 1. The summed E-state index contributed by atoms with van der Waals surface area (Å²) in [6.45, 7) is 4.32. The van der Waals surface area contributed by atoms with Crippen LogP contribution in [-0.2, 0) is 28.5 Å². The number of benzene rings is 2. The van der Waals surface area contributed by atoms with E-state index in [9.17, 15) is 35.9 Å². The Morgan fingerprint density at radius 2 is 1.41 bits per heavy atom. The van der Waals surface area contributed by atoms with Gasteiger partial charge >= 0.3 is 18.3 Å². The number of hydrogen-bond donors (Lipinski definition) is 0. The first kappa shape index (κ1) is 27.6. The molecule has 0 aliphatic heterocycles. The van der Waals surface area contributed by atoms with E-state index < -0.39 is 50.7 Å². The van der Waals surface area contributed by atoms with Gasteiger partial charge in [0, 0.05) is 23.1 Å². The third kappa shape index (κ3) is 7.45. The third-order valence-electron chi connectivity index (χ3n) is 4.18. The second kappa shape index (κ2) is 10.3. The number of hydrogen-bond acceptors (Lipinski definition) is 5. The number of rotatable bonds is 3. The highest BCUT2D eigenvalue weighted by Crippen LogP contribution is 2.37. The lowest BCUT2D eigenvalue weighted by molar-refractivity contribution is -0.143. The fraction of sp³-hybridized carbons (Fsp3) is 0.318. The Kier molecular flexibility index (Phi) is 8.41. The minimum atomic E-state index is -5.12. The van der Waals surface area contributed by atoms with E-state index in [0.29, 0.717) is 29.6 Å². The monoisotopic (exact) mass is 523 g/mol. The average Bonchev–Trinajstić information content (AvgIpc) is 2.73. The Balaban J connectivity index is 2.32. The van der Waals surface area contributed by atoms with Gasteiger partial charge in [-0.1, -0.05) is 42.5 Å². The van der Waals surface area contributed by atoms with Gasteiger partial charge in [-0.25, -0.2) is 4.79 Å². The highest BCUT2D eigenvalue weighted by molar-refractivity contribution is 8.24. The predicted molar refractivity (Wildman–Crippen MR) is 119 cm³/mol. The molecule has 2 aromatic carbocycles. The smallest absolute Gasteiger partial charge is 0.416 e. The number of ether oxygens (including phenoxy) is 1. The number of carbonyl (C=O) groups excluding carboxylic acids is 2. The number of amides is 1. The van der Waals surface area contributed by atoms with Crippen LogP contribution in [0, 0.1) is 0 Å². The summed E-state index contributed by atoms with van der Waals surface area (Å²) in [7, 11) is 0. The molecule has 12 heteroatoms. The second-order valence-corrected chi connectivity index (χ2v) is 9.63. The molecule has 0 spiro atoms. The molecule has 34 heavy (non-hydrogen) atoms. The maximum atomic E-state index is 13.2. The maximum Gasteiger partial charge on any atom is 0.416 e. The van der Waals surface area contributed by atoms with Gasteiger partial charge in [0.05, 0.1) is 11.1 Å². The molecule has 4 nitrogen and oxygen atoms in total. The predicted octanol–water partition coefficient (Wildman–Crippen LogP) is 6.68. The first-order valence-corrected chi connectivity index (χ1v) is 10.8. The highest BCUT2D eigenvalue weighted by atomic mass is 32.2. The molecule has 0 atom stereocenters. The molecule has 0 saturated heterocycles. The zero-order chi connectivity index (χ0) is 25.9. The van der Waals surface area contributed by atoms with Crippen molar-refractivity contribution in [2.75, 3.05) is 0 Å². The molecule has 0 heterocycles. The van der Waals surface area contributed by atoms with E-state index >= 15 is 0 Å². The van der Waals surface area contributed by atoms with Gasteiger partial charge in [0.1, 0.15) is 6.61 Å². The molecule has 0 radical (unpaired) electrons. The topological polar surface area (TPSA) is 46.6 Å². The maximum absolute atomic E-state index is 13.2. The molecule has 2 rings (SSSR count). The summed E-state index contributed by atoms with van der Waals surface area (Å²) in [6, 6.07) is 9.18. The number of alkyl halides is 6. The van der Waals surface area contributed by atoms with Crippen molar-refractivity contribution >= 4 is 40.2 Å². The van der Waals surface area contributed by atoms with Crippen molar-refractivity contribution in [1.29, 1.82) is 0 Å². The van der Waals surface area contributed by atoms with Crippen molar-refractivity contribution in [2.24, 2.45) is 0 Å². The summed E-state index contributed by atoms with van der Waals surface area (Å²) in [5.41, 5.74) is -4.59. The second-order valence-electron chi connectivity index (χ2n) is 8.01. The molecule has 184 valence electrons. The molecule has 1 amide bonds. The number of nitrogens with zero attached hydrogens (tertiary/aromatic N) is 1. The van der Waals surface area contributed by atoms with Crippen molar-refractivity contribution in [2.45, 2.75) is 45.3 Å². The molecule has 0 bridgehead atoms. The third-order valence-corrected chi connectivity index (χ3v) is 5.80. The lowest BCUT2D eigenvalue weighted by atomic mass is 10.0. The van der Waals surface area contributed by atoms with Crippen molar-refractivity contribution in [1.82, 2.24) is 4.31 Å². The quantitative estimate of drug-likeness (QED) is 0.194. The molecule has 2 aromatic rings. The summed E-state index contributed by atoms with van der Waals surface area (Å²) in [5, 5.41) is 0. The van der Waals surface area contributed by atoms with Crippen LogP contribution >= 0.6 is 24.2 Å². The SMILES string of the molecule is CC(C)(C)N(SC(=S)C(=O)OCc1ccccc1)C(=O)c1cc(C(F)(F)F)cc(C(F)(F)F)c1. The summed E-state index contributed by atoms with van der Waals surface area (Å²) in [5.74, 6) is -2.15. The van der Waals surface area contributed by atoms with Gasteiger partial charge in [0.2, 0.25) is 0 Å². The fourth-order valence-electron chi connectivity index (χ4n) is 2.58. The van der Waals surface area contributed by atoms with Crippen LogP contribution in [-0.4, -0.2) is 25.9 Å². The Morgan fingerprint density at radius 3 is 1.85 bits per heavy atom. The normalized spacial score (nSPS) is 12.3.